The Balaban J connectivity index is 1.85. The zero-order chi connectivity index (χ0) is 17.3. The Morgan fingerprint density at radius 1 is 1.12 bits per heavy atom. The lowest BCUT2D eigenvalue weighted by molar-refractivity contribution is -0.137. The van der Waals surface area contributed by atoms with Crippen molar-refractivity contribution in [2.24, 2.45) is 0 Å². The Kier molecular flexibility index (Phi) is 3.92. The van der Waals surface area contributed by atoms with E-state index >= 15 is 0 Å². The molecule has 0 aliphatic rings. The number of amides is 1. The number of aromatic amines is 1. The fraction of sp³-hybridized carbons (Fsp3) is 0.118. The number of alkyl halides is 3. The van der Waals surface area contributed by atoms with Crippen molar-refractivity contribution in [2.75, 3.05) is 12.4 Å². The van der Waals surface area contributed by atoms with Gasteiger partial charge >= 0.3 is 6.18 Å². The van der Waals surface area contributed by atoms with Crippen LogP contribution in [-0.2, 0) is 6.18 Å². The minimum absolute atomic E-state index is 0.283. The Labute approximate surface area is 135 Å². The van der Waals surface area contributed by atoms with Crippen LogP contribution < -0.4 is 10.1 Å². The van der Waals surface area contributed by atoms with Crippen LogP contribution in [0.4, 0.5) is 18.9 Å². The third-order valence-electron chi connectivity index (χ3n) is 3.60. The molecule has 1 aromatic heterocycles. The van der Waals surface area contributed by atoms with Crippen molar-refractivity contribution in [2.45, 2.75) is 6.18 Å². The first-order valence-corrected chi connectivity index (χ1v) is 7.02. The van der Waals surface area contributed by atoms with E-state index in [-0.39, 0.29) is 5.69 Å². The van der Waals surface area contributed by atoms with E-state index in [2.05, 4.69) is 10.3 Å². The van der Waals surface area contributed by atoms with E-state index in [0.29, 0.717) is 16.7 Å². The number of methoxy groups -OCH3 is 1. The van der Waals surface area contributed by atoms with Crippen molar-refractivity contribution >= 4 is 22.5 Å². The number of anilines is 1. The number of hydrogen-bond acceptors (Lipinski definition) is 2. The Morgan fingerprint density at radius 3 is 2.46 bits per heavy atom. The lowest BCUT2D eigenvalue weighted by Gasteiger charge is -2.08. The smallest absolute Gasteiger partial charge is 0.416 e. The average molecular weight is 334 g/mol. The normalized spacial score (nSPS) is 11.5. The number of rotatable bonds is 3. The summed E-state index contributed by atoms with van der Waals surface area (Å²) in [6, 6.07) is 9.54. The highest BCUT2D eigenvalue weighted by Gasteiger charge is 2.30. The van der Waals surface area contributed by atoms with E-state index < -0.39 is 17.6 Å². The molecule has 0 spiro atoms. The van der Waals surface area contributed by atoms with Crippen LogP contribution in [0.3, 0.4) is 0 Å². The maximum absolute atomic E-state index is 12.5. The lowest BCUT2D eigenvalue weighted by Crippen LogP contribution is -2.12. The van der Waals surface area contributed by atoms with Gasteiger partial charge in [-0.25, -0.2) is 0 Å². The summed E-state index contributed by atoms with van der Waals surface area (Å²) >= 11 is 0. The third kappa shape index (κ3) is 3.05. The Morgan fingerprint density at radius 2 is 1.83 bits per heavy atom. The quantitative estimate of drug-likeness (QED) is 0.744. The van der Waals surface area contributed by atoms with Gasteiger partial charge in [-0.1, -0.05) is 0 Å². The molecule has 2 aromatic carbocycles. The highest BCUT2D eigenvalue weighted by atomic mass is 19.4. The van der Waals surface area contributed by atoms with E-state index in [4.69, 9.17) is 4.74 Å². The van der Waals surface area contributed by atoms with Gasteiger partial charge in [0.25, 0.3) is 5.91 Å². The topological polar surface area (TPSA) is 54.1 Å². The summed E-state index contributed by atoms with van der Waals surface area (Å²) in [5.41, 5.74) is 0.653. The molecule has 0 saturated carbocycles. The molecule has 0 aliphatic carbocycles. The number of carbonyl (C=O) groups is 1. The molecule has 1 heterocycles. The molecule has 0 aliphatic heterocycles. The first-order valence-electron chi connectivity index (χ1n) is 7.02. The van der Waals surface area contributed by atoms with Gasteiger partial charge in [0, 0.05) is 22.8 Å². The number of hydrogen-bond donors (Lipinski definition) is 2. The van der Waals surface area contributed by atoms with Gasteiger partial charge in [-0.2, -0.15) is 13.2 Å². The van der Waals surface area contributed by atoms with Crippen LogP contribution in [0.2, 0.25) is 0 Å². The molecule has 2 N–H and O–H groups in total. The first kappa shape index (κ1) is 15.9. The number of carbonyl (C=O) groups excluding carboxylic acids is 1. The zero-order valence-electron chi connectivity index (χ0n) is 12.6. The zero-order valence-corrected chi connectivity index (χ0v) is 12.6. The maximum Gasteiger partial charge on any atom is 0.416 e. The van der Waals surface area contributed by atoms with Gasteiger partial charge < -0.3 is 15.0 Å². The van der Waals surface area contributed by atoms with Crippen LogP contribution in [0, 0.1) is 0 Å². The minimum atomic E-state index is -4.41. The van der Waals surface area contributed by atoms with Crippen LogP contribution >= 0.6 is 0 Å². The SMILES string of the molecule is COc1ccc2[nH]cc(C(=O)Nc3ccc(C(F)(F)F)cc3)c2c1. The number of benzene rings is 2. The van der Waals surface area contributed by atoms with Gasteiger partial charge in [-0.05, 0) is 42.5 Å². The van der Waals surface area contributed by atoms with Gasteiger partial charge in [-0.3, -0.25) is 4.79 Å². The predicted molar refractivity (Wildman–Crippen MR) is 84.2 cm³/mol. The molecule has 0 bridgehead atoms. The largest absolute Gasteiger partial charge is 0.497 e. The molecule has 0 fully saturated rings. The van der Waals surface area contributed by atoms with Crippen molar-refractivity contribution in [3.8, 4) is 5.75 Å². The average Bonchev–Trinajstić information content (AvgIpc) is 2.97. The molecule has 3 aromatic rings. The second-order valence-corrected chi connectivity index (χ2v) is 5.14. The predicted octanol–water partition coefficient (Wildman–Crippen LogP) is 4.45. The van der Waals surface area contributed by atoms with Gasteiger partial charge in [0.2, 0.25) is 0 Å². The molecule has 0 unspecified atom stereocenters. The van der Waals surface area contributed by atoms with E-state index in [1.165, 1.54) is 19.2 Å². The number of fused-ring (bicyclic) bond motifs is 1. The first-order chi connectivity index (χ1) is 11.4. The second-order valence-electron chi connectivity index (χ2n) is 5.14. The highest BCUT2D eigenvalue weighted by molar-refractivity contribution is 6.13. The van der Waals surface area contributed by atoms with Gasteiger partial charge in [0.1, 0.15) is 5.75 Å². The van der Waals surface area contributed by atoms with Crippen LogP contribution in [0.1, 0.15) is 15.9 Å². The maximum atomic E-state index is 12.5. The number of aromatic nitrogens is 1. The molecule has 3 rings (SSSR count). The molecule has 0 saturated heterocycles. The molecule has 0 atom stereocenters. The summed E-state index contributed by atoms with van der Waals surface area (Å²) < 4.78 is 42.8. The highest BCUT2D eigenvalue weighted by Crippen LogP contribution is 2.30. The summed E-state index contributed by atoms with van der Waals surface area (Å²) in [5, 5.41) is 3.25. The summed E-state index contributed by atoms with van der Waals surface area (Å²) in [4.78, 5) is 15.3. The van der Waals surface area contributed by atoms with Crippen LogP contribution in [0.15, 0.2) is 48.7 Å². The van der Waals surface area contributed by atoms with Crippen molar-refractivity contribution in [3.05, 3.63) is 59.8 Å². The molecular formula is C17H13F3N2O2. The standard InChI is InChI=1S/C17H13F3N2O2/c1-24-12-6-7-15-13(8-12)14(9-21-15)16(23)22-11-4-2-10(3-5-11)17(18,19)20/h2-9,21H,1H3,(H,22,23). The lowest BCUT2D eigenvalue weighted by atomic mass is 10.1. The molecule has 1 amide bonds. The van der Waals surface area contributed by atoms with E-state index in [9.17, 15) is 18.0 Å². The van der Waals surface area contributed by atoms with Crippen LogP contribution in [0.5, 0.6) is 5.75 Å². The van der Waals surface area contributed by atoms with Crippen LogP contribution in [0.25, 0.3) is 10.9 Å². The Bertz CT molecular complexity index is 883. The van der Waals surface area contributed by atoms with E-state index in [0.717, 1.165) is 17.6 Å². The van der Waals surface area contributed by atoms with E-state index in [1.54, 1.807) is 24.4 Å². The molecular weight excluding hydrogens is 321 g/mol. The van der Waals surface area contributed by atoms with E-state index in [1.807, 2.05) is 0 Å². The summed E-state index contributed by atoms with van der Waals surface area (Å²) in [6.45, 7) is 0. The summed E-state index contributed by atoms with van der Waals surface area (Å²) in [5.74, 6) is 0.181. The number of halogens is 3. The van der Waals surface area contributed by atoms with Crippen LogP contribution in [-0.4, -0.2) is 18.0 Å². The molecule has 0 radical (unpaired) electrons. The number of nitrogens with one attached hydrogen (secondary N) is 2. The Hall–Kier alpha value is -2.96. The van der Waals surface area contributed by atoms with Gasteiger partial charge in [0.05, 0.1) is 18.2 Å². The molecule has 7 heteroatoms. The summed E-state index contributed by atoms with van der Waals surface area (Å²) in [7, 11) is 1.52. The van der Waals surface area contributed by atoms with Gasteiger partial charge in [-0.15, -0.1) is 0 Å². The molecule has 4 nitrogen and oxygen atoms in total. The summed E-state index contributed by atoms with van der Waals surface area (Å²) in [6.07, 6.45) is -2.86. The van der Waals surface area contributed by atoms with Crippen molar-refractivity contribution in [1.82, 2.24) is 4.98 Å². The van der Waals surface area contributed by atoms with Crippen molar-refractivity contribution in [3.63, 3.8) is 0 Å². The second kappa shape index (κ2) is 5.92. The number of H-pyrrole nitrogens is 1. The van der Waals surface area contributed by atoms with Crippen molar-refractivity contribution < 1.29 is 22.7 Å². The fourth-order valence-corrected chi connectivity index (χ4v) is 2.36. The molecule has 124 valence electrons. The monoisotopic (exact) mass is 334 g/mol. The van der Waals surface area contributed by atoms with Gasteiger partial charge in [0.15, 0.2) is 0 Å². The third-order valence-corrected chi connectivity index (χ3v) is 3.60. The minimum Gasteiger partial charge on any atom is -0.497 e. The van der Waals surface area contributed by atoms with Crippen molar-refractivity contribution in [1.29, 1.82) is 0 Å². The molecule has 24 heavy (non-hydrogen) atoms. The fourth-order valence-electron chi connectivity index (χ4n) is 2.36. The number of ether oxygens (including phenoxy) is 1.